The summed E-state index contributed by atoms with van der Waals surface area (Å²) in [5, 5.41) is 3.21. The van der Waals surface area contributed by atoms with Gasteiger partial charge in [0.15, 0.2) is 10.7 Å². The minimum atomic E-state index is -2.26. The van der Waals surface area contributed by atoms with Crippen LogP contribution in [0.25, 0.3) is 0 Å². The molecule has 0 amide bonds. The van der Waals surface area contributed by atoms with Gasteiger partial charge in [-0.05, 0) is 12.8 Å². The quantitative estimate of drug-likeness (QED) is 0.619. The number of halogens is 1. The van der Waals surface area contributed by atoms with Crippen molar-refractivity contribution >= 4 is 23.1 Å². The number of thiol groups is 1. The first kappa shape index (κ1) is 11.2. The zero-order valence-electron chi connectivity index (χ0n) is 7.36. The van der Waals surface area contributed by atoms with E-state index in [2.05, 4.69) is 10.2 Å². The highest BCUT2D eigenvalue weighted by Gasteiger charge is 2.51. The molecule has 13 heavy (non-hydrogen) atoms. The molecule has 1 heterocycles. The molecule has 1 aliphatic heterocycles. The van der Waals surface area contributed by atoms with Crippen LogP contribution in [-0.4, -0.2) is 44.4 Å². The summed E-state index contributed by atoms with van der Waals surface area (Å²) in [5.74, 6) is 0. The molecule has 1 saturated carbocycles. The fraction of sp³-hybridized carbons (Fsp3) is 1.00. The molecule has 1 N–H and O–H groups in total. The second kappa shape index (κ2) is 4.13. The topological polar surface area (TPSA) is 49.4 Å². The van der Waals surface area contributed by atoms with Crippen molar-refractivity contribution in [1.29, 1.82) is 0 Å². The highest BCUT2D eigenvalue weighted by Crippen LogP contribution is 2.42. The van der Waals surface area contributed by atoms with E-state index in [1.54, 1.807) is 0 Å². The van der Waals surface area contributed by atoms with Crippen LogP contribution in [0.3, 0.4) is 0 Å². The van der Waals surface area contributed by atoms with Gasteiger partial charge in [0, 0.05) is 26.2 Å². The largest absolute Gasteiger partial charge is 0.314 e. The van der Waals surface area contributed by atoms with E-state index in [0.29, 0.717) is 0 Å². The maximum atomic E-state index is 11.0. The van der Waals surface area contributed by atoms with Crippen molar-refractivity contribution in [1.82, 2.24) is 10.2 Å². The van der Waals surface area contributed by atoms with Gasteiger partial charge in [0.2, 0.25) is 0 Å². The zero-order chi connectivity index (χ0) is 8.60. The summed E-state index contributed by atoms with van der Waals surface area (Å²) >= 11 is 0. The second-order valence-corrected chi connectivity index (χ2v) is 4.82. The Morgan fingerprint density at radius 1 is 1.15 bits per heavy atom. The highest BCUT2D eigenvalue weighted by molar-refractivity contribution is 7.74. The Bertz CT molecular complexity index is 239. The average Bonchev–Trinajstić information content (AvgIpc) is 2.86. The van der Waals surface area contributed by atoms with Gasteiger partial charge in [-0.15, -0.1) is 12.4 Å². The molecule has 2 aliphatic rings. The molecular weight excluding hydrogens is 212 g/mol. The third-order valence-corrected chi connectivity index (χ3v) is 4.15. The lowest BCUT2D eigenvalue weighted by Crippen LogP contribution is -2.50. The molecule has 0 bridgehead atoms. The molecule has 0 aromatic carbocycles. The summed E-state index contributed by atoms with van der Waals surface area (Å²) in [5.41, 5.74) is 0. The van der Waals surface area contributed by atoms with E-state index >= 15 is 0 Å². The van der Waals surface area contributed by atoms with E-state index < -0.39 is 15.6 Å². The molecule has 2 fully saturated rings. The maximum Gasteiger partial charge on any atom is 0.159 e. The third kappa shape index (κ3) is 1.98. The van der Waals surface area contributed by atoms with Crippen LogP contribution in [0, 0.1) is 0 Å². The van der Waals surface area contributed by atoms with Crippen molar-refractivity contribution < 1.29 is 8.42 Å². The van der Waals surface area contributed by atoms with Gasteiger partial charge in [-0.3, -0.25) is 4.90 Å². The lowest BCUT2D eigenvalue weighted by atomic mass is 10.3. The Morgan fingerprint density at radius 3 is 2.08 bits per heavy atom. The third-order valence-electron chi connectivity index (χ3n) is 2.74. The number of piperazine rings is 1. The summed E-state index contributed by atoms with van der Waals surface area (Å²) in [7, 11) is -2.26. The number of nitrogens with one attached hydrogen (secondary N) is 1. The first-order valence-electron chi connectivity index (χ1n) is 4.36. The normalized spacial score (nSPS) is 26.8. The van der Waals surface area contributed by atoms with Gasteiger partial charge < -0.3 is 5.32 Å². The summed E-state index contributed by atoms with van der Waals surface area (Å²) < 4.78 is 21.9. The van der Waals surface area contributed by atoms with Crippen LogP contribution in [0.15, 0.2) is 0 Å². The van der Waals surface area contributed by atoms with E-state index in [0.717, 1.165) is 39.0 Å². The molecule has 6 heteroatoms. The van der Waals surface area contributed by atoms with Crippen molar-refractivity contribution in [2.45, 2.75) is 17.7 Å². The fourth-order valence-electron chi connectivity index (χ4n) is 1.81. The summed E-state index contributed by atoms with van der Waals surface area (Å²) in [6.45, 7) is 3.60. The minimum absolute atomic E-state index is 0. The molecule has 0 unspecified atom stereocenters. The number of nitrogens with zero attached hydrogens (tertiary/aromatic N) is 1. The Morgan fingerprint density at radius 2 is 1.69 bits per heavy atom. The summed E-state index contributed by atoms with van der Waals surface area (Å²) in [6, 6.07) is 0. The lowest BCUT2D eigenvalue weighted by Gasteiger charge is -2.31. The predicted molar refractivity (Wildman–Crippen MR) is 54.0 cm³/mol. The highest BCUT2D eigenvalue weighted by atomic mass is 35.5. The van der Waals surface area contributed by atoms with Crippen LogP contribution in [0.2, 0.25) is 0 Å². The van der Waals surface area contributed by atoms with Crippen LogP contribution in [0.4, 0.5) is 0 Å². The second-order valence-electron chi connectivity index (χ2n) is 3.48. The molecule has 2 rings (SSSR count). The number of hydrogen-bond donors (Lipinski definition) is 2. The molecule has 4 nitrogen and oxygen atoms in total. The monoisotopic (exact) mass is 226 g/mol. The Labute approximate surface area is 86.0 Å². The first-order valence-corrected chi connectivity index (χ1v) is 5.54. The predicted octanol–water partition coefficient (Wildman–Crippen LogP) is -0.585. The number of hydrogen-bond acceptors (Lipinski definition) is 4. The standard InChI is InChI=1S/C7H14N2O2S.ClH/c10-12(11)7(1-2-7)9-5-3-8-4-6-9;/h8,12H,1-6H2;1H. The van der Waals surface area contributed by atoms with Crippen LogP contribution < -0.4 is 5.32 Å². The summed E-state index contributed by atoms with van der Waals surface area (Å²) in [6.07, 6.45) is 1.68. The van der Waals surface area contributed by atoms with E-state index in [1.165, 1.54) is 0 Å². The molecule has 0 aromatic rings. The zero-order valence-corrected chi connectivity index (χ0v) is 9.07. The molecule has 1 aliphatic carbocycles. The van der Waals surface area contributed by atoms with E-state index in [4.69, 9.17) is 0 Å². The molecule has 0 radical (unpaired) electrons. The van der Waals surface area contributed by atoms with Crippen LogP contribution in [0.1, 0.15) is 12.8 Å². The lowest BCUT2D eigenvalue weighted by molar-refractivity contribution is 0.207. The van der Waals surface area contributed by atoms with E-state index in [9.17, 15) is 8.42 Å². The SMILES string of the molecule is Cl.O=[SH](=O)C1(N2CCNCC2)CC1. The van der Waals surface area contributed by atoms with E-state index in [-0.39, 0.29) is 12.4 Å². The van der Waals surface area contributed by atoms with Crippen molar-refractivity contribution in [3.63, 3.8) is 0 Å². The van der Waals surface area contributed by atoms with Crippen molar-refractivity contribution in [3.05, 3.63) is 0 Å². The molecule has 0 aromatic heterocycles. The smallest absolute Gasteiger partial charge is 0.159 e. The number of rotatable bonds is 2. The molecule has 0 atom stereocenters. The van der Waals surface area contributed by atoms with Crippen molar-refractivity contribution in [2.24, 2.45) is 0 Å². The van der Waals surface area contributed by atoms with Gasteiger partial charge >= 0.3 is 0 Å². The van der Waals surface area contributed by atoms with E-state index in [1.807, 2.05) is 0 Å². The van der Waals surface area contributed by atoms with Crippen LogP contribution in [-0.2, 0) is 10.7 Å². The van der Waals surface area contributed by atoms with Crippen molar-refractivity contribution in [3.8, 4) is 0 Å². The molecule has 0 spiro atoms. The van der Waals surface area contributed by atoms with Gasteiger partial charge in [0.25, 0.3) is 0 Å². The van der Waals surface area contributed by atoms with Gasteiger partial charge in [0.05, 0.1) is 0 Å². The van der Waals surface area contributed by atoms with Gasteiger partial charge in [-0.2, -0.15) is 0 Å². The van der Waals surface area contributed by atoms with Gasteiger partial charge in [-0.1, -0.05) is 0 Å². The Balaban J connectivity index is 0.000000845. The van der Waals surface area contributed by atoms with Gasteiger partial charge in [0.1, 0.15) is 4.87 Å². The minimum Gasteiger partial charge on any atom is -0.314 e. The maximum absolute atomic E-state index is 11.0. The Kier molecular flexibility index (Phi) is 3.57. The fourth-order valence-corrected chi connectivity index (χ4v) is 2.72. The molecule has 78 valence electrons. The molecule has 1 saturated heterocycles. The first-order chi connectivity index (χ1) is 5.76. The molecular formula is C7H15ClN2O2S. The van der Waals surface area contributed by atoms with Crippen LogP contribution in [0.5, 0.6) is 0 Å². The van der Waals surface area contributed by atoms with Crippen molar-refractivity contribution in [2.75, 3.05) is 26.2 Å². The average molecular weight is 227 g/mol. The van der Waals surface area contributed by atoms with Gasteiger partial charge in [-0.25, -0.2) is 8.42 Å². The summed E-state index contributed by atoms with van der Waals surface area (Å²) in [4.78, 5) is 1.67. The Hall–Kier alpha value is 0.160. The van der Waals surface area contributed by atoms with Crippen LogP contribution >= 0.6 is 12.4 Å².